The number of unbranched alkanes of at least 4 members (excludes halogenated alkanes) is 1. The minimum atomic E-state index is -3.84. The van der Waals surface area contributed by atoms with Crippen LogP contribution in [-0.2, 0) is 27.8 Å². The van der Waals surface area contributed by atoms with E-state index in [2.05, 4.69) is 12.2 Å². The summed E-state index contributed by atoms with van der Waals surface area (Å²) in [6.45, 7) is 3.97. The number of anilines is 1. The van der Waals surface area contributed by atoms with Gasteiger partial charge < -0.3 is 5.32 Å². The second kappa shape index (κ2) is 11.1. The molecular formula is C26H30N2O3S. The summed E-state index contributed by atoms with van der Waals surface area (Å²) in [5.41, 5.74) is 3.79. The number of benzene rings is 3. The molecule has 1 amide bonds. The molecule has 168 valence electrons. The number of nitrogens with one attached hydrogen (secondary N) is 1. The minimum absolute atomic E-state index is 0.112. The fourth-order valence-corrected chi connectivity index (χ4v) is 4.77. The van der Waals surface area contributed by atoms with Crippen LogP contribution in [0.3, 0.4) is 0 Å². The van der Waals surface area contributed by atoms with Crippen molar-refractivity contribution in [2.45, 2.75) is 44.6 Å². The van der Waals surface area contributed by atoms with Gasteiger partial charge in [-0.2, -0.15) is 4.31 Å². The Morgan fingerprint density at radius 3 is 2.12 bits per heavy atom. The van der Waals surface area contributed by atoms with E-state index in [0.717, 1.165) is 30.4 Å². The first-order valence-electron chi connectivity index (χ1n) is 10.9. The Hall–Kier alpha value is -2.96. The summed E-state index contributed by atoms with van der Waals surface area (Å²) >= 11 is 0. The van der Waals surface area contributed by atoms with E-state index in [4.69, 9.17) is 0 Å². The maximum Gasteiger partial charge on any atom is 0.243 e. The van der Waals surface area contributed by atoms with Crippen LogP contribution in [0.2, 0.25) is 0 Å². The SMILES string of the molecule is CCCCc1ccc(NC(=O)CN(Cc2ccc(C)cc2)S(=O)(=O)c2ccccc2)cc1. The third-order valence-electron chi connectivity index (χ3n) is 5.24. The third-order valence-corrected chi connectivity index (χ3v) is 7.04. The summed E-state index contributed by atoms with van der Waals surface area (Å²) in [6.07, 6.45) is 3.26. The van der Waals surface area contributed by atoms with Gasteiger partial charge in [-0.05, 0) is 55.2 Å². The van der Waals surface area contributed by atoms with Crippen molar-refractivity contribution < 1.29 is 13.2 Å². The average molecular weight is 451 g/mol. The van der Waals surface area contributed by atoms with Crippen molar-refractivity contribution in [2.75, 3.05) is 11.9 Å². The molecule has 3 rings (SSSR count). The topological polar surface area (TPSA) is 66.5 Å². The predicted molar refractivity (Wildman–Crippen MR) is 129 cm³/mol. The first-order chi connectivity index (χ1) is 15.4. The molecule has 6 heteroatoms. The van der Waals surface area contributed by atoms with Gasteiger partial charge in [0, 0.05) is 12.2 Å². The van der Waals surface area contributed by atoms with E-state index < -0.39 is 10.0 Å². The molecule has 0 saturated carbocycles. The van der Waals surface area contributed by atoms with Gasteiger partial charge in [-0.1, -0.05) is 73.5 Å². The van der Waals surface area contributed by atoms with Crippen molar-refractivity contribution in [3.05, 3.63) is 95.6 Å². The highest BCUT2D eigenvalue weighted by molar-refractivity contribution is 7.89. The lowest BCUT2D eigenvalue weighted by atomic mass is 10.1. The largest absolute Gasteiger partial charge is 0.325 e. The second-order valence-corrected chi connectivity index (χ2v) is 9.86. The van der Waals surface area contributed by atoms with Crippen LogP contribution in [0.15, 0.2) is 83.8 Å². The van der Waals surface area contributed by atoms with Gasteiger partial charge >= 0.3 is 0 Å². The zero-order valence-electron chi connectivity index (χ0n) is 18.6. The van der Waals surface area contributed by atoms with Crippen LogP contribution in [-0.4, -0.2) is 25.2 Å². The lowest BCUT2D eigenvalue weighted by Gasteiger charge is -2.22. The molecule has 0 saturated heterocycles. The second-order valence-electron chi connectivity index (χ2n) is 7.92. The van der Waals surface area contributed by atoms with Crippen molar-refractivity contribution >= 4 is 21.6 Å². The fourth-order valence-electron chi connectivity index (χ4n) is 3.36. The predicted octanol–water partition coefficient (Wildman–Crippen LogP) is 5.17. The number of aryl methyl sites for hydroxylation is 2. The standard InChI is InChI=1S/C26H30N2O3S/c1-3-4-8-22-15-17-24(18-16-22)27-26(29)20-28(19-23-13-11-21(2)12-14-23)32(30,31)25-9-6-5-7-10-25/h5-7,9-18H,3-4,8,19-20H2,1-2H3,(H,27,29). The molecule has 0 spiro atoms. The quantitative estimate of drug-likeness (QED) is 0.464. The van der Waals surface area contributed by atoms with E-state index in [1.54, 1.807) is 30.3 Å². The number of hydrogen-bond donors (Lipinski definition) is 1. The molecule has 0 atom stereocenters. The van der Waals surface area contributed by atoms with Gasteiger partial charge in [0.1, 0.15) is 0 Å². The number of nitrogens with zero attached hydrogens (tertiary/aromatic N) is 1. The molecule has 0 aliphatic rings. The molecule has 3 aromatic carbocycles. The molecule has 0 heterocycles. The Bertz CT molecular complexity index is 1110. The highest BCUT2D eigenvalue weighted by Gasteiger charge is 2.26. The lowest BCUT2D eigenvalue weighted by Crippen LogP contribution is -2.37. The smallest absolute Gasteiger partial charge is 0.243 e. The average Bonchev–Trinajstić information content (AvgIpc) is 2.80. The van der Waals surface area contributed by atoms with Crippen molar-refractivity contribution in [1.29, 1.82) is 0 Å². The number of carbonyl (C=O) groups is 1. The van der Waals surface area contributed by atoms with Crippen molar-refractivity contribution in [3.8, 4) is 0 Å². The molecule has 0 aliphatic heterocycles. The van der Waals surface area contributed by atoms with Gasteiger partial charge in [0.05, 0.1) is 11.4 Å². The van der Waals surface area contributed by atoms with Crippen LogP contribution in [0.5, 0.6) is 0 Å². The summed E-state index contributed by atoms with van der Waals surface area (Å²) in [4.78, 5) is 13.0. The summed E-state index contributed by atoms with van der Waals surface area (Å²) in [5.74, 6) is -0.377. The Kier molecular flexibility index (Phi) is 8.20. The number of sulfonamides is 1. The summed E-state index contributed by atoms with van der Waals surface area (Å²) in [5, 5.41) is 2.83. The van der Waals surface area contributed by atoms with Crippen LogP contribution < -0.4 is 5.32 Å². The van der Waals surface area contributed by atoms with E-state index in [9.17, 15) is 13.2 Å². The molecular weight excluding hydrogens is 420 g/mol. The lowest BCUT2D eigenvalue weighted by molar-refractivity contribution is -0.116. The normalized spacial score (nSPS) is 11.5. The Labute approximate surface area is 191 Å². The minimum Gasteiger partial charge on any atom is -0.325 e. The zero-order chi connectivity index (χ0) is 23.0. The maximum absolute atomic E-state index is 13.3. The monoisotopic (exact) mass is 450 g/mol. The van der Waals surface area contributed by atoms with Gasteiger partial charge in [-0.25, -0.2) is 8.42 Å². The molecule has 0 bridgehead atoms. The van der Waals surface area contributed by atoms with Gasteiger partial charge in [0.25, 0.3) is 0 Å². The third kappa shape index (κ3) is 6.52. The van der Waals surface area contributed by atoms with Gasteiger partial charge in [0.15, 0.2) is 0 Å². The van der Waals surface area contributed by atoms with Crippen LogP contribution in [0.25, 0.3) is 0 Å². The number of hydrogen-bond acceptors (Lipinski definition) is 3. The Balaban J connectivity index is 1.77. The Morgan fingerprint density at radius 2 is 1.50 bits per heavy atom. The maximum atomic E-state index is 13.3. The van der Waals surface area contributed by atoms with Gasteiger partial charge in [0.2, 0.25) is 15.9 Å². The molecule has 0 unspecified atom stereocenters. The summed E-state index contributed by atoms with van der Waals surface area (Å²) in [7, 11) is -3.84. The van der Waals surface area contributed by atoms with E-state index >= 15 is 0 Å². The van der Waals surface area contributed by atoms with Gasteiger partial charge in [-0.3, -0.25) is 4.79 Å². The molecule has 0 radical (unpaired) electrons. The van der Waals surface area contributed by atoms with Crippen LogP contribution in [0.4, 0.5) is 5.69 Å². The molecule has 0 fully saturated rings. The van der Waals surface area contributed by atoms with Gasteiger partial charge in [-0.15, -0.1) is 0 Å². The fraction of sp³-hybridized carbons (Fsp3) is 0.269. The first kappa shape index (κ1) is 23.7. The molecule has 1 N–H and O–H groups in total. The zero-order valence-corrected chi connectivity index (χ0v) is 19.4. The molecule has 3 aromatic rings. The Morgan fingerprint density at radius 1 is 0.875 bits per heavy atom. The number of rotatable bonds is 10. The molecule has 5 nitrogen and oxygen atoms in total. The first-order valence-corrected chi connectivity index (χ1v) is 12.3. The molecule has 0 aromatic heterocycles. The van der Waals surface area contributed by atoms with E-state index in [0.29, 0.717) is 5.69 Å². The summed E-state index contributed by atoms with van der Waals surface area (Å²) in [6, 6.07) is 23.6. The molecule has 0 aliphatic carbocycles. The van der Waals surface area contributed by atoms with Crippen molar-refractivity contribution in [2.24, 2.45) is 0 Å². The molecule has 32 heavy (non-hydrogen) atoms. The van der Waals surface area contributed by atoms with E-state index in [-0.39, 0.29) is 23.9 Å². The van der Waals surface area contributed by atoms with Crippen LogP contribution >= 0.6 is 0 Å². The van der Waals surface area contributed by atoms with Crippen LogP contribution in [0, 0.1) is 6.92 Å². The van der Waals surface area contributed by atoms with E-state index in [1.807, 2.05) is 55.5 Å². The number of carbonyl (C=O) groups excluding carboxylic acids is 1. The number of amides is 1. The van der Waals surface area contributed by atoms with Crippen molar-refractivity contribution in [1.82, 2.24) is 4.31 Å². The van der Waals surface area contributed by atoms with Crippen LogP contribution in [0.1, 0.15) is 36.5 Å². The highest BCUT2D eigenvalue weighted by atomic mass is 32.2. The summed E-state index contributed by atoms with van der Waals surface area (Å²) < 4.78 is 27.8. The highest BCUT2D eigenvalue weighted by Crippen LogP contribution is 2.19. The van der Waals surface area contributed by atoms with E-state index in [1.165, 1.54) is 9.87 Å². The van der Waals surface area contributed by atoms with Crippen molar-refractivity contribution in [3.63, 3.8) is 0 Å².